The van der Waals surface area contributed by atoms with Gasteiger partial charge >= 0.3 is 5.97 Å². The number of carbonyl (C=O) groups is 2. The van der Waals surface area contributed by atoms with E-state index in [1.807, 2.05) is 0 Å². The molecule has 0 bridgehead atoms. The number of ketones is 1. The molecule has 2 atom stereocenters. The molecule has 1 aliphatic heterocycles. The van der Waals surface area contributed by atoms with Crippen LogP contribution in [0.2, 0.25) is 0 Å². The second kappa shape index (κ2) is 4.55. The van der Waals surface area contributed by atoms with Crippen LogP contribution in [0.25, 0.3) is 0 Å². The molecule has 0 fully saturated rings. The van der Waals surface area contributed by atoms with Crippen LogP contribution in [0.4, 0.5) is 0 Å². The fourth-order valence-corrected chi connectivity index (χ4v) is 1.68. The molecule has 0 radical (unpaired) electrons. The third kappa shape index (κ3) is 2.01. The van der Waals surface area contributed by atoms with Crippen LogP contribution in [-0.4, -0.2) is 35.7 Å². The topological polar surface area (TPSA) is 72.8 Å². The number of hydrogen-bond acceptors (Lipinski definition) is 5. The summed E-state index contributed by atoms with van der Waals surface area (Å²) in [5.41, 5.74) is 0.376. The van der Waals surface area contributed by atoms with Gasteiger partial charge in [0.15, 0.2) is 12.2 Å². The van der Waals surface area contributed by atoms with Crippen molar-refractivity contribution in [1.29, 1.82) is 0 Å². The average Bonchev–Trinajstić information content (AvgIpc) is 2.67. The van der Waals surface area contributed by atoms with E-state index < -0.39 is 24.0 Å². The molecule has 1 heterocycles. The molecule has 90 valence electrons. The highest BCUT2D eigenvalue weighted by molar-refractivity contribution is 6.06. The van der Waals surface area contributed by atoms with Gasteiger partial charge in [-0.1, -0.05) is 12.1 Å². The summed E-state index contributed by atoms with van der Waals surface area (Å²) < 4.78 is 9.89. The fourth-order valence-electron chi connectivity index (χ4n) is 1.68. The molecule has 5 heteroatoms. The number of Topliss-reactive ketones (excluding diaryl/α,β-unsaturated/α-hetero) is 1. The molecule has 0 amide bonds. The summed E-state index contributed by atoms with van der Waals surface area (Å²) in [6, 6.07) is 6.62. The van der Waals surface area contributed by atoms with Crippen molar-refractivity contribution >= 4 is 11.8 Å². The third-order valence-corrected chi connectivity index (χ3v) is 2.48. The van der Waals surface area contributed by atoms with Gasteiger partial charge in [0.2, 0.25) is 5.78 Å². The van der Waals surface area contributed by atoms with Crippen molar-refractivity contribution in [3.63, 3.8) is 0 Å². The number of fused-ring (bicyclic) bond motifs is 1. The quantitative estimate of drug-likeness (QED) is 0.776. The van der Waals surface area contributed by atoms with E-state index in [-0.39, 0.29) is 6.61 Å². The van der Waals surface area contributed by atoms with Crippen molar-refractivity contribution in [3.8, 4) is 5.75 Å². The van der Waals surface area contributed by atoms with E-state index >= 15 is 0 Å². The zero-order valence-corrected chi connectivity index (χ0v) is 9.25. The Morgan fingerprint density at radius 1 is 1.53 bits per heavy atom. The number of benzene rings is 1. The van der Waals surface area contributed by atoms with Crippen LogP contribution < -0.4 is 4.74 Å². The van der Waals surface area contributed by atoms with E-state index in [2.05, 4.69) is 4.74 Å². The summed E-state index contributed by atoms with van der Waals surface area (Å²) in [5.74, 6) is -0.870. The molecule has 17 heavy (non-hydrogen) atoms. The van der Waals surface area contributed by atoms with E-state index in [4.69, 9.17) is 4.74 Å². The highest BCUT2D eigenvalue weighted by atomic mass is 16.6. The lowest BCUT2D eigenvalue weighted by Crippen LogP contribution is -2.41. The number of para-hydroxylation sites is 1. The second-order valence-corrected chi connectivity index (χ2v) is 3.60. The van der Waals surface area contributed by atoms with Gasteiger partial charge in [-0.25, -0.2) is 4.79 Å². The van der Waals surface area contributed by atoms with E-state index in [9.17, 15) is 14.7 Å². The van der Waals surface area contributed by atoms with Crippen molar-refractivity contribution in [3.05, 3.63) is 29.8 Å². The number of esters is 1. The van der Waals surface area contributed by atoms with E-state index in [1.165, 1.54) is 0 Å². The maximum absolute atomic E-state index is 11.9. The number of hydrogen-bond donors (Lipinski definition) is 1. The zero-order valence-electron chi connectivity index (χ0n) is 9.25. The summed E-state index contributed by atoms with van der Waals surface area (Å²) >= 11 is 0. The standard InChI is InChI=1S/C12H12O5/c1-2-16-12(15)10(14)11-9(13)7-5-3-4-6-8(7)17-11/h3-6,10-11,14H,2H2,1H3. The summed E-state index contributed by atoms with van der Waals surface area (Å²) in [6.45, 7) is 1.76. The minimum absolute atomic E-state index is 0.143. The van der Waals surface area contributed by atoms with E-state index in [1.54, 1.807) is 31.2 Å². The Morgan fingerprint density at radius 2 is 2.24 bits per heavy atom. The summed E-state index contributed by atoms with van der Waals surface area (Å²) in [5, 5.41) is 9.67. The molecular formula is C12H12O5. The molecule has 0 aromatic heterocycles. The molecule has 0 saturated heterocycles. The zero-order chi connectivity index (χ0) is 12.4. The maximum Gasteiger partial charge on any atom is 0.339 e. The lowest BCUT2D eigenvalue weighted by molar-refractivity contribution is -0.156. The van der Waals surface area contributed by atoms with Crippen LogP contribution in [-0.2, 0) is 9.53 Å². The third-order valence-electron chi connectivity index (χ3n) is 2.48. The molecule has 1 N–H and O–H groups in total. The Hall–Kier alpha value is -1.88. The Bertz CT molecular complexity index is 454. The van der Waals surface area contributed by atoms with Crippen LogP contribution in [0.15, 0.2) is 24.3 Å². The first-order valence-electron chi connectivity index (χ1n) is 5.29. The average molecular weight is 236 g/mol. The molecule has 0 spiro atoms. The van der Waals surface area contributed by atoms with Gasteiger partial charge in [0.05, 0.1) is 12.2 Å². The van der Waals surface area contributed by atoms with Gasteiger partial charge in [-0.05, 0) is 19.1 Å². The van der Waals surface area contributed by atoms with E-state index in [0.717, 1.165) is 0 Å². The Morgan fingerprint density at radius 3 is 2.88 bits per heavy atom. The normalized spacial score (nSPS) is 19.4. The molecule has 1 aromatic rings. The van der Waals surface area contributed by atoms with Crippen LogP contribution in [0.1, 0.15) is 17.3 Å². The first-order chi connectivity index (χ1) is 8.15. The predicted octanol–water partition coefficient (Wildman–Crippen LogP) is 0.554. The number of aliphatic hydroxyl groups excluding tert-OH is 1. The summed E-state index contributed by atoms with van der Waals surface area (Å²) in [4.78, 5) is 23.2. The van der Waals surface area contributed by atoms with Crippen molar-refractivity contribution in [2.75, 3.05) is 6.61 Å². The second-order valence-electron chi connectivity index (χ2n) is 3.60. The minimum atomic E-state index is -1.59. The number of carbonyl (C=O) groups excluding carboxylic acids is 2. The Balaban J connectivity index is 2.17. The van der Waals surface area contributed by atoms with Crippen LogP contribution in [0.3, 0.4) is 0 Å². The molecular weight excluding hydrogens is 224 g/mol. The van der Waals surface area contributed by atoms with Crippen molar-refractivity contribution in [2.24, 2.45) is 0 Å². The van der Waals surface area contributed by atoms with Gasteiger partial charge in [-0.2, -0.15) is 0 Å². The Labute approximate surface area is 98.0 Å². The fraction of sp³-hybridized carbons (Fsp3) is 0.333. The largest absolute Gasteiger partial charge is 0.478 e. The number of aliphatic hydroxyl groups is 1. The van der Waals surface area contributed by atoms with Gasteiger partial charge in [-0.15, -0.1) is 0 Å². The highest BCUT2D eigenvalue weighted by Gasteiger charge is 2.41. The lowest BCUT2D eigenvalue weighted by Gasteiger charge is -2.15. The van der Waals surface area contributed by atoms with Crippen molar-refractivity contribution in [1.82, 2.24) is 0 Å². The van der Waals surface area contributed by atoms with Crippen molar-refractivity contribution in [2.45, 2.75) is 19.1 Å². The molecule has 1 aliphatic rings. The van der Waals surface area contributed by atoms with Gasteiger partial charge in [0, 0.05) is 0 Å². The van der Waals surface area contributed by atoms with E-state index in [0.29, 0.717) is 11.3 Å². The molecule has 2 unspecified atom stereocenters. The predicted molar refractivity (Wildman–Crippen MR) is 57.8 cm³/mol. The molecule has 2 rings (SSSR count). The van der Waals surface area contributed by atoms with Crippen LogP contribution in [0, 0.1) is 0 Å². The maximum atomic E-state index is 11.9. The van der Waals surface area contributed by atoms with Crippen LogP contribution >= 0.6 is 0 Å². The smallest absolute Gasteiger partial charge is 0.339 e. The van der Waals surface area contributed by atoms with Gasteiger partial charge < -0.3 is 14.6 Å². The summed E-state index contributed by atoms with van der Waals surface area (Å²) in [6.07, 6.45) is -2.79. The monoisotopic (exact) mass is 236 g/mol. The van der Waals surface area contributed by atoms with Gasteiger partial charge in [-0.3, -0.25) is 4.79 Å². The molecule has 5 nitrogen and oxygen atoms in total. The van der Waals surface area contributed by atoms with Crippen LogP contribution in [0.5, 0.6) is 5.75 Å². The number of rotatable bonds is 3. The molecule has 0 aliphatic carbocycles. The summed E-state index contributed by atoms with van der Waals surface area (Å²) in [7, 11) is 0. The van der Waals surface area contributed by atoms with Crippen molar-refractivity contribution < 1.29 is 24.2 Å². The van der Waals surface area contributed by atoms with Gasteiger partial charge in [0.25, 0.3) is 0 Å². The first kappa shape index (κ1) is 11.6. The first-order valence-corrected chi connectivity index (χ1v) is 5.29. The Kier molecular flexibility index (Phi) is 3.10. The minimum Gasteiger partial charge on any atom is -0.478 e. The SMILES string of the molecule is CCOC(=O)C(O)C1Oc2ccccc2C1=O. The number of ether oxygens (including phenoxy) is 2. The molecule has 1 aromatic carbocycles. The lowest BCUT2D eigenvalue weighted by atomic mass is 10.1. The molecule has 0 saturated carbocycles. The highest BCUT2D eigenvalue weighted by Crippen LogP contribution is 2.29. The van der Waals surface area contributed by atoms with Gasteiger partial charge in [0.1, 0.15) is 5.75 Å².